The molecule has 0 fully saturated rings. The van der Waals surface area contributed by atoms with Gasteiger partial charge < -0.3 is 16.6 Å². The number of nitrogens with one attached hydrogen (secondary N) is 1. The predicted octanol–water partition coefficient (Wildman–Crippen LogP) is -1.83. The predicted molar refractivity (Wildman–Crippen MR) is 51.6 cm³/mol. The van der Waals surface area contributed by atoms with Crippen molar-refractivity contribution in [2.45, 2.75) is 31.8 Å². The number of carbonyl (C=O) groups is 3. The number of rotatable bonds is 5. The minimum Gasteiger partial charge on any atom is -0.480 e. The summed E-state index contributed by atoms with van der Waals surface area (Å²) in [7, 11) is 0. The second kappa shape index (κ2) is 6.10. The van der Waals surface area contributed by atoms with Crippen LogP contribution in [0.1, 0.15) is 19.8 Å². The zero-order chi connectivity index (χ0) is 12.0. The highest BCUT2D eigenvalue weighted by Gasteiger charge is 2.15. The molecule has 0 rings (SSSR count). The molecule has 15 heavy (non-hydrogen) atoms. The lowest BCUT2D eigenvalue weighted by Gasteiger charge is -2.07. The topological polar surface area (TPSA) is 136 Å². The summed E-state index contributed by atoms with van der Waals surface area (Å²) in [6.07, 6.45) is -0.140. The maximum Gasteiger partial charge on any atom is 0.320 e. The van der Waals surface area contributed by atoms with Gasteiger partial charge in [-0.1, -0.05) is 0 Å². The van der Waals surface area contributed by atoms with Crippen LogP contribution in [0.4, 0.5) is 0 Å². The van der Waals surface area contributed by atoms with Gasteiger partial charge in [-0.2, -0.15) is 0 Å². The quantitative estimate of drug-likeness (QED) is 0.427. The monoisotopic (exact) mass is 217 g/mol. The molecule has 7 nitrogen and oxygen atoms in total. The highest BCUT2D eigenvalue weighted by Crippen LogP contribution is 1.94. The first-order valence-electron chi connectivity index (χ1n) is 4.42. The molecule has 0 saturated heterocycles. The van der Waals surface area contributed by atoms with Crippen LogP contribution in [0.3, 0.4) is 0 Å². The summed E-state index contributed by atoms with van der Waals surface area (Å²) in [6, 6.07) is -1.87. The van der Waals surface area contributed by atoms with Crippen molar-refractivity contribution in [2.75, 3.05) is 0 Å². The first kappa shape index (κ1) is 13.5. The molecule has 0 aromatic heterocycles. The summed E-state index contributed by atoms with van der Waals surface area (Å²) >= 11 is 0. The average Bonchev–Trinajstić information content (AvgIpc) is 2.13. The van der Waals surface area contributed by atoms with Crippen molar-refractivity contribution in [3.05, 3.63) is 0 Å². The Morgan fingerprint density at radius 1 is 1.33 bits per heavy atom. The third-order valence-corrected chi connectivity index (χ3v) is 1.68. The minimum atomic E-state index is -1.18. The second-order valence-electron chi connectivity index (χ2n) is 3.18. The Hall–Kier alpha value is -1.47. The van der Waals surface area contributed by atoms with Crippen LogP contribution < -0.4 is 16.8 Å². The van der Waals surface area contributed by atoms with E-state index in [-0.39, 0.29) is 12.8 Å². The Kier molecular flexibility index (Phi) is 5.50. The number of imide groups is 1. The minimum absolute atomic E-state index is 0.0204. The van der Waals surface area contributed by atoms with Crippen molar-refractivity contribution in [3.8, 4) is 0 Å². The summed E-state index contributed by atoms with van der Waals surface area (Å²) in [5, 5.41) is 10.4. The molecule has 0 bridgehead atoms. The SMILES string of the molecule is CC(N)C(=O)NC(=O)CCC(N)C(=O)O. The van der Waals surface area contributed by atoms with Crippen LogP contribution >= 0.6 is 0 Å². The summed E-state index contributed by atoms with van der Waals surface area (Å²) < 4.78 is 0. The highest BCUT2D eigenvalue weighted by molar-refractivity contribution is 5.97. The van der Waals surface area contributed by atoms with Crippen molar-refractivity contribution >= 4 is 17.8 Å². The van der Waals surface area contributed by atoms with E-state index >= 15 is 0 Å². The number of carboxylic acid groups (broad SMARTS) is 1. The molecule has 0 aliphatic carbocycles. The normalized spacial score (nSPS) is 14.1. The van der Waals surface area contributed by atoms with Gasteiger partial charge in [0.2, 0.25) is 11.8 Å². The van der Waals surface area contributed by atoms with Gasteiger partial charge >= 0.3 is 5.97 Å². The molecule has 2 atom stereocenters. The van der Waals surface area contributed by atoms with Crippen molar-refractivity contribution < 1.29 is 19.5 Å². The van der Waals surface area contributed by atoms with Crippen LogP contribution in [-0.4, -0.2) is 35.0 Å². The molecule has 0 radical (unpaired) electrons. The van der Waals surface area contributed by atoms with E-state index in [0.29, 0.717) is 0 Å². The Labute approximate surface area is 86.8 Å². The van der Waals surface area contributed by atoms with E-state index in [1.54, 1.807) is 0 Å². The molecule has 86 valence electrons. The molecular weight excluding hydrogens is 202 g/mol. The molecule has 0 spiro atoms. The number of nitrogens with two attached hydrogens (primary N) is 2. The van der Waals surface area contributed by atoms with Gasteiger partial charge in [-0.15, -0.1) is 0 Å². The van der Waals surface area contributed by atoms with E-state index in [1.807, 2.05) is 5.32 Å². The molecule has 2 amide bonds. The van der Waals surface area contributed by atoms with E-state index < -0.39 is 29.9 Å². The van der Waals surface area contributed by atoms with Gasteiger partial charge in [0, 0.05) is 6.42 Å². The highest BCUT2D eigenvalue weighted by atomic mass is 16.4. The van der Waals surface area contributed by atoms with Crippen LogP contribution in [0.15, 0.2) is 0 Å². The van der Waals surface area contributed by atoms with Crippen LogP contribution in [0, 0.1) is 0 Å². The maximum atomic E-state index is 11.0. The molecule has 0 heterocycles. The largest absolute Gasteiger partial charge is 0.480 e. The van der Waals surface area contributed by atoms with Crippen LogP contribution in [0.5, 0.6) is 0 Å². The fourth-order valence-electron chi connectivity index (χ4n) is 0.724. The third kappa shape index (κ3) is 5.76. The smallest absolute Gasteiger partial charge is 0.320 e. The van der Waals surface area contributed by atoms with E-state index in [4.69, 9.17) is 16.6 Å². The summed E-state index contributed by atoms with van der Waals surface area (Å²) in [5.41, 5.74) is 10.4. The van der Waals surface area contributed by atoms with Gasteiger partial charge in [-0.3, -0.25) is 19.7 Å². The zero-order valence-corrected chi connectivity index (χ0v) is 8.40. The second-order valence-corrected chi connectivity index (χ2v) is 3.18. The van der Waals surface area contributed by atoms with E-state index in [2.05, 4.69) is 0 Å². The van der Waals surface area contributed by atoms with E-state index in [1.165, 1.54) is 6.92 Å². The lowest BCUT2D eigenvalue weighted by Crippen LogP contribution is -2.42. The fourth-order valence-corrected chi connectivity index (χ4v) is 0.724. The molecular formula is C8H15N3O4. The summed E-state index contributed by atoms with van der Waals surface area (Å²) in [4.78, 5) is 32.3. The summed E-state index contributed by atoms with van der Waals surface area (Å²) in [6.45, 7) is 1.44. The fraction of sp³-hybridized carbons (Fsp3) is 0.625. The van der Waals surface area contributed by atoms with Crippen LogP contribution in [0.25, 0.3) is 0 Å². The van der Waals surface area contributed by atoms with Crippen molar-refractivity contribution in [3.63, 3.8) is 0 Å². The van der Waals surface area contributed by atoms with E-state index in [9.17, 15) is 14.4 Å². The molecule has 2 unspecified atom stereocenters. The first-order valence-corrected chi connectivity index (χ1v) is 4.42. The first-order chi connectivity index (χ1) is 6.84. The van der Waals surface area contributed by atoms with Crippen LogP contribution in [-0.2, 0) is 14.4 Å². The Bertz CT molecular complexity index is 265. The number of amides is 2. The van der Waals surface area contributed by atoms with E-state index in [0.717, 1.165) is 0 Å². The van der Waals surface area contributed by atoms with Gasteiger partial charge in [-0.05, 0) is 13.3 Å². The van der Waals surface area contributed by atoms with Gasteiger partial charge in [0.15, 0.2) is 0 Å². The molecule has 7 heteroatoms. The average molecular weight is 217 g/mol. The maximum absolute atomic E-state index is 11.0. The van der Waals surface area contributed by atoms with Gasteiger partial charge in [0.05, 0.1) is 6.04 Å². The molecule has 0 saturated carbocycles. The van der Waals surface area contributed by atoms with Gasteiger partial charge in [0.25, 0.3) is 0 Å². The Balaban J connectivity index is 3.86. The molecule has 0 aliphatic rings. The number of carbonyl (C=O) groups excluding carboxylic acids is 2. The standard InChI is InChI=1S/C8H15N3O4/c1-4(9)7(13)11-6(12)3-2-5(10)8(14)15/h4-5H,2-3,9-10H2,1H3,(H,14,15)(H,11,12,13). The van der Waals surface area contributed by atoms with Crippen molar-refractivity contribution in [1.29, 1.82) is 0 Å². The number of carboxylic acids is 1. The lowest BCUT2D eigenvalue weighted by atomic mass is 10.1. The molecule has 6 N–H and O–H groups in total. The number of hydrogen-bond donors (Lipinski definition) is 4. The Morgan fingerprint density at radius 2 is 1.87 bits per heavy atom. The molecule has 0 aromatic rings. The molecule has 0 aromatic carbocycles. The van der Waals surface area contributed by atoms with Crippen molar-refractivity contribution in [2.24, 2.45) is 11.5 Å². The summed E-state index contributed by atoms with van der Waals surface area (Å²) in [5.74, 6) is -2.35. The number of aliphatic carboxylic acids is 1. The molecule has 0 aliphatic heterocycles. The number of hydrogen-bond acceptors (Lipinski definition) is 5. The van der Waals surface area contributed by atoms with Crippen molar-refractivity contribution in [1.82, 2.24) is 5.32 Å². The lowest BCUT2D eigenvalue weighted by molar-refractivity contribution is -0.138. The zero-order valence-electron chi connectivity index (χ0n) is 8.40. The van der Waals surface area contributed by atoms with Crippen LogP contribution in [0.2, 0.25) is 0 Å². The third-order valence-electron chi connectivity index (χ3n) is 1.68. The Morgan fingerprint density at radius 3 is 2.27 bits per heavy atom. The van der Waals surface area contributed by atoms with Gasteiger partial charge in [0.1, 0.15) is 6.04 Å². The van der Waals surface area contributed by atoms with Gasteiger partial charge in [-0.25, -0.2) is 0 Å².